The third kappa shape index (κ3) is 4.67. The fraction of sp³-hybridized carbons (Fsp3) is 0.875. The van der Waals surface area contributed by atoms with Gasteiger partial charge in [-0.25, -0.2) is 4.79 Å². The van der Waals surface area contributed by atoms with Crippen molar-refractivity contribution in [2.24, 2.45) is 0 Å². The summed E-state index contributed by atoms with van der Waals surface area (Å²) in [5.41, 5.74) is -0.893. The van der Waals surface area contributed by atoms with Crippen LogP contribution in [0.2, 0.25) is 0 Å². The minimum atomic E-state index is -1.01. The average Bonchev–Trinajstić information content (AvgIpc) is 2.01. The molecule has 0 rings (SSSR count). The molecule has 78 valence electrons. The first-order chi connectivity index (χ1) is 5.89. The lowest BCUT2D eigenvalue weighted by atomic mass is 10.1. The molecule has 0 heterocycles. The van der Waals surface area contributed by atoms with E-state index in [1.54, 1.807) is 20.8 Å². The van der Waals surface area contributed by atoms with Crippen LogP contribution in [0.15, 0.2) is 0 Å². The molecule has 0 radical (unpaired) electrons. The topological polar surface area (TPSA) is 49.8 Å². The molecule has 0 aromatic heterocycles. The highest BCUT2D eigenvalue weighted by Gasteiger charge is 2.27. The number of hydrogen-bond donors (Lipinski definition) is 1. The summed E-state index contributed by atoms with van der Waals surface area (Å²) in [6, 6.07) is 0. The Kier molecular flexibility index (Phi) is 4.69. The van der Waals surface area contributed by atoms with E-state index in [1.165, 1.54) is 0 Å². The van der Waals surface area contributed by atoms with Crippen molar-refractivity contribution in [2.75, 3.05) is 13.2 Å². The van der Waals surface area contributed by atoms with E-state index in [1.807, 2.05) is 0 Å². The summed E-state index contributed by atoms with van der Waals surface area (Å²) in [6.45, 7) is 4.63. The molecule has 5 heteroatoms. The zero-order valence-corrected chi connectivity index (χ0v) is 8.21. The minimum Gasteiger partial charge on any atom is -0.448 e. The molecular weight excluding hydrogens is 177 g/mol. The van der Waals surface area contributed by atoms with Crippen LogP contribution in [-0.4, -0.2) is 35.1 Å². The summed E-state index contributed by atoms with van der Waals surface area (Å²) in [4.78, 5) is 10.9. The van der Waals surface area contributed by atoms with Gasteiger partial charge in [0.15, 0.2) is 0 Å². The Labute approximate surface area is 77.2 Å². The number of amides is 1. The van der Waals surface area contributed by atoms with Crippen LogP contribution >= 0.6 is 0 Å². The van der Waals surface area contributed by atoms with E-state index in [9.17, 15) is 9.28 Å². The Morgan fingerprint density at radius 1 is 1.54 bits per heavy atom. The zero-order valence-electron chi connectivity index (χ0n) is 8.21. The number of aliphatic hydroxyl groups is 1. The first-order valence-electron chi connectivity index (χ1n) is 4.13. The van der Waals surface area contributed by atoms with Gasteiger partial charge in [-0.05, 0) is 20.8 Å². The highest BCUT2D eigenvalue weighted by Crippen LogP contribution is 2.14. The maximum absolute atomic E-state index is 13.0. The Hall–Kier alpha value is -0.840. The van der Waals surface area contributed by atoms with Gasteiger partial charge in [0.25, 0.3) is 0 Å². The summed E-state index contributed by atoms with van der Waals surface area (Å²) in [5.74, 6) is 0. The third-order valence-electron chi connectivity index (χ3n) is 1.28. The van der Waals surface area contributed by atoms with Crippen molar-refractivity contribution >= 4 is 6.09 Å². The highest BCUT2D eigenvalue weighted by atomic mass is 19.2. The second-order valence-electron chi connectivity index (χ2n) is 3.64. The molecule has 13 heavy (non-hydrogen) atoms. The van der Waals surface area contributed by atoms with Crippen molar-refractivity contribution in [1.29, 1.82) is 0 Å². The van der Waals surface area contributed by atoms with Gasteiger partial charge < -0.3 is 9.84 Å². The van der Waals surface area contributed by atoms with Gasteiger partial charge in [-0.2, -0.15) is 0 Å². The number of hydrogen-bond acceptors (Lipinski definition) is 3. The molecule has 1 N–H and O–H groups in total. The molecule has 0 bridgehead atoms. The summed E-state index contributed by atoms with van der Waals surface area (Å²) in [6.07, 6.45) is -0.690. The Bertz CT molecular complexity index is 167. The summed E-state index contributed by atoms with van der Waals surface area (Å²) in [5, 5.41) is 8.41. The number of rotatable bonds is 3. The Morgan fingerprint density at radius 3 is 2.46 bits per heavy atom. The fourth-order valence-electron chi connectivity index (χ4n) is 0.555. The monoisotopic (exact) mass is 193 g/mol. The van der Waals surface area contributed by atoms with E-state index in [2.05, 4.69) is 4.74 Å². The summed E-state index contributed by atoms with van der Waals surface area (Å²) in [7, 11) is 0. The normalized spacial score (nSPS) is 11.2. The van der Waals surface area contributed by atoms with Crippen molar-refractivity contribution in [2.45, 2.75) is 32.7 Å². The maximum atomic E-state index is 13.0. The molecule has 1 amide bonds. The largest absolute Gasteiger partial charge is 0.448 e. The van der Waals surface area contributed by atoms with Crippen molar-refractivity contribution in [3.63, 3.8) is 0 Å². The SMILES string of the molecule is CC(C)(C)N(F)C(=O)OCCCO. The predicted molar refractivity (Wildman–Crippen MR) is 45.8 cm³/mol. The van der Waals surface area contributed by atoms with E-state index >= 15 is 0 Å². The molecule has 0 fully saturated rings. The highest BCUT2D eigenvalue weighted by molar-refractivity contribution is 5.66. The molecule has 0 aliphatic carbocycles. The van der Waals surface area contributed by atoms with E-state index in [0.717, 1.165) is 0 Å². The first-order valence-corrected chi connectivity index (χ1v) is 4.13. The van der Waals surface area contributed by atoms with E-state index in [0.29, 0.717) is 6.42 Å². The van der Waals surface area contributed by atoms with Crippen molar-refractivity contribution in [1.82, 2.24) is 5.12 Å². The number of aliphatic hydroxyl groups excluding tert-OH is 1. The van der Waals surface area contributed by atoms with Crippen molar-refractivity contribution in [3.05, 3.63) is 0 Å². The van der Waals surface area contributed by atoms with Gasteiger partial charge in [-0.3, -0.25) is 0 Å². The van der Waals surface area contributed by atoms with Gasteiger partial charge in [0.2, 0.25) is 0 Å². The molecule has 0 aromatic rings. The van der Waals surface area contributed by atoms with E-state index in [4.69, 9.17) is 5.11 Å². The standard InChI is InChI=1S/C8H16FNO3/c1-8(2,3)10(9)7(12)13-6-4-5-11/h11H,4-6H2,1-3H3. The number of nitrogens with zero attached hydrogens (tertiary/aromatic N) is 1. The van der Waals surface area contributed by atoms with Gasteiger partial charge in [-0.1, -0.05) is 4.48 Å². The molecule has 0 spiro atoms. The van der Waals surface area contributed by atoms with E-state index in [-0.39, 0.29) is 18.3 Å². The molecule has 0 unspecified atom stereocenters. The predicted octanol–water partition coefficient (Wildman–Crippen LogP) is 1.49. The van der Waals surface area contributed by atoms with Crippen molar-refractivity contribution in [3.8, 4) is 0 Å². The Balaban J connectivity index is 3.84. The van der Waals surface area contributed by atoms with Crippen LogP contribution in [0, 0.1) is 0 Å². The summed E-state index contributed by atoms with van der Waals surface area (Å²) >= 11 is 0. The lowest BCUT2D eigenvalue weighted by molar-refractivity contribution is -0.0487. The van der Waals surface area contributed by atoms with Crippen LogP contribution in [-0.2, 0) is 4.74 Å². The molecular formula is C8H16FNO3. The van der Waals surface area contributed by atoms with Gasteiger partial charge in [0, 0.05) is 13.0 Å². The Morgan fingerprint density at radius 2 is 2.08 bits per heavy atom. The van der Waals surface area contributed by atoms with Crippen LogP contribution in [0.4, 0.5) is 9.28 Å². The second kappa shape index (κ2) is 5.01. The fourth-order valence-corrected chi connectivity index (χ4v) is 0.555. The quantitative estimate of drug-likeness (QED) is 0.545. The lowest BCUT2D eigenvalue weighted by Gasteiger charge is -2.25. The molecule has 4 nitrogen and oxygen atoms in total. The zero-order chi connectivity index (χ0) is 10.5. The van der Waals surface area contributed by atoms with Gasteiger partial charge >= 0.3 is 6.09 Å². The number of halogens is 1. The van der Waals surface area contributed by atoms with Gasteiger partial charge in [0.05, 0.1) is 12.1 Å². The van der Waals surface area contributed by atoms with Crippen LogP contribution in [0.5, 0.6) is 0 Å². The third-order valence-corrected chi connectivity index (χ3v) is 1.28. The van der Waals surface area contributed by atoms with Crippen LogP contribution in [0.1, 0.15) is 27.2 Å². The van der Waals surface area contributed by atoms with Gasteiger partial charge in [0.1, 0.15) is 0 Å². The molecule has 0 aliphatic heterocycles. The number of carbonyl (C=O) groups excluding carboxylic acids is 1. The first kappa shape index (κ1) is 12.2. The number of carbonyl (C=O) groups is 1. The number of ether oxygens (including phenoxy) is 1. The lowest BCUT2D eigenvalue weighted by Crippen LogP contribution is -2.39. The van der Waals surface area contributed by atoms with Crippen LogP contribution in [0.3, 0.4) is 0 Å². The average molecular weight is 193 g/mol. The molecule has 0 saturated heterocycles. The maximum Gasteiger partial charge on any atom is 0.438 e. The van der Waals surface area contributed by atoms with Gasteiger partial charge in [-0.15, -0.1) is 5.12 Å². The minimum absolute atomic E-state index is 0.0321. The van der Waals surface area contributed by atoms with Crippen LogP contribution < -0.4 is 0 Å². The smallest absolute Gasteiger partial charge is 0.438 e. The molecule has 0 aromatic carbocycles. The summed E-state index contributed by atoms with van der Waals surface area (Å²) < 4.78 is 17.5. The van der Waals surface area contributed by atoms with Crippen LogP contribution in [0.25, 0.3) is 0 Å². The van der Waals surface area contributed by atoms with Crippen molar-refractivity contribution < 1.29 is 19.1 Å². The van der Waals surface area contributed by atoms with E-state index < -0.39 is 11.6 Å². The molecule has 0 saturated carbocycles. The second-order valence-corrected chi connectivity index (χ2v) is 3.64. The molecule has 0 aliphatic rings. The molecule has 0 atom stereocenters.